The molecule has 0 amide bonds. The van der Waals surface area contributed by atoms with Crippen LogP contribution in [0.2, 0.25) is 0 Å². The maximum atomic E-state index is 6.36. The predicted molar refractivity (Wildman–Crippen MR) is 244 cm³/mol. The summed E-state index contributed by atoms with van der Waals surface area (Å²) in [5, 5.41) is 4.91. The molecule has 1 aliphatic carbocycles. The molecule has 12 rings (SSSR count). The molecule has 0 atom stereocenters. The molecular formula is C55H35NOS. The number of nitrogens with zero attached hydrogens (tertiary/aromatic N) is 1. The number of hydrogen-bond acceptors (Lipinski definition) is 3. The maximum absolute atomic E-state index is 6.36. The number of anilines is 3. The lowest BCUT2D eigenvalue weighted by Gasteiger charge is -2.35. The smallest absolute Gasteiger partial charge is 0.136 e. The third-order valence-electron chi connectivity index (χ3n) is 12.2. The van der Waals surface area contributed by atoms with Gasteiger partial charge < -0.3 is 9.32 Å². The predicted octanol–water partition coefficient (Wildman–Crippen LogP) is 15.5. The van der Waals surface area contributed by atoms with Crippen LogP contribution in [0.5, 0.6) is 0 Å². The van der Waals surface area contributed by atoms with Gasteiger partial charge in [-0.25, -0.2) is 0 Å². The van der Waals surface area contributed by atoms with Crippen LogP contribution >= 0.6 is 11.3 Å². The quantitative estimate of drug-likeness (QED) is 0.168. The molecule has 0 N–H and O–H groups in total. The van der Waals surface area contributed by atoms with Gasteiger partial charge in [0.05, 0.1) is 5.41 Å². The summed E-state index contributed by atoms with van der Waals surface area (Å²) in [5.74, 6) is 0. The summed E-state index contributed by atoms with van der Waals surface area (Å²) in [5.41, 5.74) is 14.8. The highest BCUT2D eigenvalue weighted by molar-refractivity contribution is 7.26. The Bertz CT molecular complexity index is 3290. The molecule has 0 spiro atoms. The number of para-hydroxylation sites is 2. The van der Waals surface area contributed by atoms with Crippen molar-refractivity contribution in [3.05, 3.63) is 235 Å². The zero-order chi connectivity index (χ0) is 38.2. The number of hydrogen-bond donors (Lipinski definition) is 0. The first-order valence-electron chi connectivity index (χ1n) is 19.8. The van der Waals surface area contributed by atoms with E-state index in [1.54, 1.807) is 0 Å². The van der Waals surface area contributed by atoms with Crippen LogP contribution in [0.15, 0.2) is 217 Å². The summed E-state index contributed by atoms with van der Waals surface area (Å²) in [6.07, 6.45) is 0. The summed E-state index contributed by atoms with van der Waals surface area (Å²) in [4.78, 5) is 2.40. The number of fused-ring (bicyclic) bond motifs is 10. The van der Waals surface area contributed by atoms with Crippen LogP contribution in [-0.2, 0) is 5.41 Å². The molecular weight excluding hydrogens is 723 g/mol. The van der Waals surface area contributed by atoms with Crippen LogP contribution in [0.25, 0.3) is 64.4 Å². The van der Waals surface area contributed by atoms with Gasteiger partial charge >= 0.3 is 0 Å². The molecule has 0 saturated heterocycles. The summed E-state index contributed by atoms with van der Waals surface area (Å²) >= 11 is 1.85. The zero-order valence-corrected chi connectivity index (χ0v) is 32.3. The summed E-state index contributed by atoms with van der Waals surface area (Å²) in [6.45, 7) is 0. The third-order valence-corrected chi connectivity index (χ3v) is 13.3. The van der Waals surface area contributed by atoms with E-state index >= 15 is 0 Å². The molecule has 0 radical (unpaired) electrons. The van der Waals surface area contributed by atoms with Crippen LogP contribution in [0.4, 0.5) is 17.1 Å². The highest BCUT2D eigenvalue weighted by atomic mass is 32.1. The molecule has 9 aromatic carbocycles. The van der Waals surface area contributed by atoms with Crippen molar-refractivity contribution in [3.63, 3.8) is 0 Å². The third kappa shape index (κ3) is 4.78. The molecule has 11 aromatic rings. The second-order valence-corrected chi connectivity index (χ2v) is 16.2. The van der Waals surface area contributed by atoms with Crippen LogP contribution in [-0.4, -0.2) is 0 Å². The Morgan fingerprint density at radius 1 is 0.379 bits per heavy atom. The first kappa shape index (κ1) is 33.0. The first-order chi connectivity index (χ1) is 28.8. The molecule has 2 aromatic heterocycles. The Kier molecular flexibility index (Phi) is 7.35. The minimum Gasteiger partial charge on any atom is -0.456 e. The molecule has 1 aliphatic rings. The van der Waals surface area contributed by atoms with Gasteiger partial charge in [0.25, 0.3) is 0 Å². The van der Waals surface area contributed by atoms with Crippen LogP contribution < -0.4 is 4.90 Å². The molecule has 0 fully saturated rings. The Morgan fingerprint density at radius 3 is 1.76 bits per heavy atom. The van der Waals surface area contributed by atoms with E-state index in [2.05, 4.69) is 211 Å². The van der Waals surface area contributed by atoms with Gasteiger partial charge in [-0.05, 0) is 105 Å². The van der Waals surface area contributed by atoms with Gasteiger partial charge in [-0.1, -0.05) is 152 Å². The lowest BCUT2D eigenvalue weighted by molar-refractivity contribution is 0.669. The molecule has 0 unspecified atom stereocenters. The average Bonchev–Trinajstić information content (AvgIpc) is 3.96. The fourth-order valence-electron chi connectivity index (χ4n) is 9.75. The molecule has 272 valence electrons. The van der Waals surface area contributed by atoms with Gasteiger partial charge in [-0.3, -0.25) is 0 Å². The summed E-state index contributed by atoms with van der Waals surface area (Å²) in [6, 6.07) is 77.4. The van der Waals surface area contributed by atoms with Gasteiger partial charge in [0.2, 0.25) is 0 Å². The number of rotatable bonds is 6. The molecule has 2 heterocycles. The van der Waals surface area contributed by atoms with Crippen molar-refractivity contribution in [2.75, 3.05) is 4.90 Å². The lowest BCUT2D eigenvalue weighted by atomic mass is 9.67. The van der Waals surface area contributed by atoms with Gasteiger partial charge in [0.15, 0.2) is 0 Å². The van der Waals surface area contributed by atoms with Crippen molar-refractivity contribution in [2.45, 2.75) is 5.41 Å². The van der Waals surface area contributed by atoms with E-state index < -0.39 is 5.41 Å². The number of benzene rings is 9. The molecule has 0 bridgehead atoms. The fraction of sp³-hybridized carbons (Fsp3) is 0.0182. The fourth-order valence-corrected chi connectivity index (χ4v) is 10.9. The van der Waals surface area contributed by atoms with Gasteiger partial charge in [-0.2, -0.15) is 0 Å². The molecule has 3 heteroatoms. The van der Waals surface area contributed by atoms with E-state index in [1.807, 2.05) is 17.4 Å². The Morgan fingerprint density at radius 2 is 0.983 bits per heavy atom. The van der Waals surface area contributed by atoms with Crippen molar-refractivity contribution < 1.29 is 4.42 Å². The normalized spacial score (nSPS) is 13.0. The van der Waals surface area contributed by atoms with E-state index in [0.717, 1.165) is 33.6 Å². The number of thiophene rings is 1. The zero-order valence-electron chi connectivity index (χ0n) is 31.5. The minimum atomic E-state index is -0.482. The van der Waals surface area contributed by atoms with Crippen LogP contribution in [0.3, 0.4) is 0 Å². The van der Waals surface area contributed by atoms with E-state index in [-0.39, 0.29) is 0 Å². The molecule has 0 aliphatic heterocycles. The van der Waals surface area contributed by atoms with Gasteiger partial charge in [0.1, 0.15) is 11.2 Å². The SMILES string of the molecule is c1ccc(N(c2ccc(-c3cccc4sc5ccc6oc7ccccc7c6c5c34)cc2)c2ccc3c(c2)C(c2ccccc2)(c2ccccc2)c2ccccc2-3)cc1. The first-order valence-corrected chi connectivity index (χ1v) is 20.7. The minimum absolute atomic E-state index is 0.482. The topological polar surface area (TPSA) is 16.4 Å². The maximum Gasteiger partial charge on any atom is 0.136 e. The highest BCUT2D eigenvalue weighted by Crippen LogP contribution is 2.57. The van der Waals surface area contributed by atoms with E-state index in [0.29, 0.717) is 0 Å². The van der Waals surface area contributed by atoms with Gasteiger partial charge in [-0.15, -0.1) is 11.3 Å². The van der Waals surface area contributed by atoms with E-state index in [9.17, 15) is 0 Å². The van der Waals surface area contributed by atoms with E-state index in [1.165, 1.54) is 70.1 Å². The van der Waals surface area contributed by atoms with Crippen LogP contribution in [0, 0.1) is 0 Å². The Labute approximate surface area is 340 Å². The van der Waals surface area contributed by atoms with Crippen molar-refractivity contribution in [1.29, 1.82) is 0 Å². The van der Waals surface area contributed by atoms with Crippen molar-refractivity contribution >= 4 is 70.5 Å². The molecule has 58 heavy (non-hydrogen) atoms. The van der Waals surface area contributed by atoms with E-state index in [4.69, 9.17) is 4.42 Å². The Balaban J connectivity index is 1.04. The monoisotopic (exact) mass is 757 g/mol. The van der Waals surface area contributed by atoms with Gasteiger partial charge in [0, 0.05) is 48.0 Å². The molecule has 2 nitrogen and oxygen atoms in total. The summed E-state index contributed by atoms with van der Waals surface area (Å²) < 4.78 is 8.91. The standard InChI is InChI=1S/C55H35NOS/c1-4-15-37(16-5-1)55(38-17-6-2-7-18-38)46-24-12-10-21-43(46)44-32-31-41(35-47(44)55)56(39-19-8-3-9-20-39)40-29-27-36(28-30-40)42-23-14-26-50-53(42)54-51(58-50)34-33-49-52(54)45-22-11-13-25-48(45)57-49/h1-35H. The number of furan rings is 1. The largest absolute Gasteiger partial charge is 0.456 e. The second kappa shape index (κ2) is 12.9. The van der Waals surface area contributed by atoms with Crippen molar-refractivity contribution in [3.8, 4) is 22.3 Å². The molecule has 0 saturated carbocycles. The van der Waals surface area contributed by atoms with Crippen LogP contribution in [0.1, 0.15) is 22.3 Å². The lowest BCUT2D eigenvalue weighted by Crippen LogP contribution is -2.28. The average molecular weight is 758 g/mol. The highest BCUT2D eigenvalue weighted by Gasteiger charge is 2.46. The Hall–Kier alpha value is -7.20. The summed E-state index contributed by atoms with van der Waals surface area (Å²) in [7, 11) is 0. The van der Waals surface area contributed by atoms with Crippen molar-refractivity contribution in [2.24, 2.45) is 0 Å². The second-order valence-electron chi connectivity index (χ2n) is 15.2. The van der Waals surface area contributed by atoms with Crippen molar-refractivity contribution in [1.82, 2.24) is 0 Å².